The Hall–Kier alpha value is -3.27. The van der Waals surface area contributed by atoms with Gasteiger partial charge in [0.15, 0.2) is 0 Å². The zero-order chi connectivity index (χ0) is 27.4. The Balaban J connectivity index is 1.40. The molecule has 206 valence electrons. The predicted molar refractivity (Wildman–Crippen MR) is 151 cm³/mol. The third kappa shape index (κ3) is 6.49. The normalized spacial score (nSPS) is 18.1. The maximum atomic E-state index is 13.7. The van der Waals surface area contributed by atoms with Gasteiger partial charge in [0.1, 0.15) is 10.8 Å². The highest BCUT2D eigenvalue weighted by atomic mass is 32.1. The number of amides is 2. The second kappa shape index (κ2) is 12.3. The third-order valence-electron chi connectivity index (χ3n) is 7.45. The lowest BCUT2D eigenvalue weighted by Gasteiger charge is -2.29. The van der Waals surface area contributed by atoms with E-state index >= 15 is 0 Å². The minimum Gasteiger partial charge on any atom is -0.493 e. The fourth-order valence-electron chi connectivity index (χ4n) is 5.40. The van der Waals surface area contributed by atoms with Crippen LogP contribution in [0.15, 0.2) is 47.8 Å². The van der Waals surface area contributed by atoms with Gasteiger partial charge in [0.2, 0.25) is 0 Å². The second-order valence-electron chi connectivity index (χ2n) is 10.5. The first-order valence-corrected chi connectivity index (χ1v) is 14.5. The smallest absolute Gasteiger partial charge is 0.254 e. The number of benzene rings is 2. The Labute approximate surface area is 233 Å². The average molecular weight is 549 g/mol. The molecule has 0 aliphatic carbocycles. The Bertz CT molecular complexity index is 1310. The Morgan fingerprint density at radius 3 is 2.79 bits per heavy atom. The summed E-state index contributed by atoms with van der Waals surface area (Å²) < 4.78 is 5.92. The highest BCUT2D eigenvalue weighted by Gasteiger charge is 2.32. The van der Waals surface area contributed by atoms with Crippen molar-refractivity contribution in [3.8, 4) is 5.75 Å². The van der Waals surface area contributed by atoms with Gasteiger partial charge in [-0.05, 0) is 63.3 Å². The molecule has 2 aliphatic rings. The summed E-state index contributed by atoms with van der Waals surface area (Å²) in [6, 6.07) is 12.7. The number of fused-ring (bicyclic) bond motifs is 1. The Kier molecular flexibility index (Phi) is 8.60. The summed E-state index contributed by atoms with van der Waals surface area (Å²) in [6.07, 6.45) is 3.13. The first-order valence-electron chi connectivity index (χ1n) is 13.6. The van der Waals surface area contributed by atoms with Crippen LogP contribution in [0.25, 0.3) is 0 Å². The highest BCUT2D eigenvalue weighted by molar-refractivity contribution is 7.09. The van der Waals surface area contributed by atoms with E-state index < -0.39 is 12.1 Å². The lowest BCUT2D eigenvalue weighted by Crippen LogP contribution is -2.52. The van der Waals surface area contributed by atoms with E-state index in [0.29, 0.717) is 42.9 Å². The van der Waals surface area contributed by atoms with Gasteiger partial charge in [-0.1, -0.05) is 30.3 Å². The number of hydrogen-bond donors (Lipinski definition) is 3. The number of carbonyl (C=O) groups excluding carboxylic acids is 2. The van der Waals surface area contributed by atoms with Crippen LogP contribution in [-0.2, 0) is 19.4 Å². The molecule has 5 rings (SSSR count). The highest BCUT2D eigenvalue weighted by Crippen LogP contribution is 2.31. The first-order chi connectivity index (χ1) is 18.9. The molecule has 0 spiro atoms. The number of hydrogen-bond acceptors (Lipinski definition) is 7. The summed E-state index contributed by atoms with van der Waals surface area (Å²) in [4.78, 5) is 33.4. The van der Waals surface area contributed by atoms with Crippen LogP contribution < -0.4 is 15.4 Å². The number of ether oxygens (including phenoxy) is 1. The summed E-state index contributed by atoms with van der Waals surface area (Å²) in [7, 11) is 1.75. The molecule has 3 aromatic rings. The quantitative estimate of drug-likeness (QED) is 0.378. The number of rotatable bonds is 9. The number of aryl methyl sites for hydroxylation is 1. The fraction of sp³-hybridized carbons (Fsp3) is 0.433. The van der Waals surface area contributed by atoms with Crippen LogP contribution in [0, 0.1) is 6.92 Å². The number of nitrogens with one attached hydrogen (secondary N) is 2. The minimum atomic E-state index is -0.750. The van der Waals surface area contributed by atoms with Crippen LogP contribution in [0.5, 0.6) is 5.75 Å². The largest absolute Gasteiger partial charge is 0.493 e. The minimum absolute atomic E-state index is 0.0776. The van der Waals surface area contributed by atoms with Gasteiger partial charge in [-0.2, -0.15) is 0 Å². The molecule has 9 heteroatoms. The topological polar surface area (TPSA) is 104 Å². The summed E-state index contributed by atoms with van der Waals surface area (Å²) in [5.74, 6) is 0.0702. The molecule has 3 atom stereocenters. The molecule has 39 heavy (non-hydrogen) atoms. The molecule has 3 heterocycles. The molecular weight excluding hydrogens is 512 g/mol. The van der Waals surface area contributed by atoms with Gasteiger partial charge in [-0.15, -0.1) is 11.3 Å². The van der Waals surface area contributed by atoms with Crippen molar-refractivity contribution in [1.29, 1.82) is 0 Å². The van der Waals surface area contributed by atoms with Crippen LogP contribution in [0.1, 0.15) is 61.8 Å². The molecule has 1 fully saturated rings. The van der Waals surface area contributed by atoms with Gasteiger partial charge in [0.25, 0.3) is 11.8 Å². The van der Waals surface area contributed by atoms with E-state index in [2.05, 4.69) is 15.6 Å². The van der Waals surface area contributed by atoms with Crippen molar-refractivity contribution < 1.29 is 19.4 Å². The van der Waals surface area contributed by atoms with Crippen LogP contribution in [-0.4, -0.2) is 65.2 Å². The van der Waals surface area contributed by atoms with Crippen molar-refractivity contribution in [1.82, 2.24) is 20.5 Å². The molecule has 3 N–H and O–H groups in total. The second-order valence-corrected chi connectivity index (χ2v) is 11.4. The van der Waals surface area contributed by atoms with Crippen molar-refractivity contribution in [2.24, 2.45) is 0 Å². The van der Waals surface area contributed by atoms with Crippen LogP contribution >= 0.6 is 11.3 Å². The molecule has 3 unspecified atom stereocenters. The number of aliphatic hydroxyl groups excluding tert-OH is 1. The van der Waals surface area contributed by atoms with Crippen molar-refractivity contribution in [3.05, 3.63) is 80.8 Å². The van der Waals surface area contributed by atoms with E-state index in [1.807, 2.05) is 42.6 Å². The molecule has 8 nitrogen and oxygen atoms in total. The van der Waals surface area contributed by atoms with Gasteiger partial charge in [-0.25, -0.2) is 4.98 Å². The molecule has 2 aliphatic heterocycles. The van der Waals surface area contributed by atoms with Gasteiger partial charge in [-0.3, -0.25) is 9.59 Å². The summed E-state index contributed by atoms with van der Waals surface area (Å²) in [5, 5.41) is 20.5. The molecule has 0 radical (unpaired) electrons. The molecule has 1 aromatic heterocycles. The number of nitrogens with zero attached hydrogens (tertiary/aromatic N) is 2. The van der Waals surface area contributed by atoms with E-state index in [1.54, 1.807) is 24.1 Å². The zero-order valence-electron chi connectivity index (χ0n) is 22.5. The zero-order valence-corrected chi connectivity index (χ0v) is 23.3. The number of aliphatic hydroxyl groups is 1. The van der Waals surface area contributed by atoms with Gasteiger partial charge in [0.05, 0.1) is 25.3 Å². The molecule has 2 amide bonds. The fourth-order valence-corrected chi connectivity index (χ4v) is 6.23. The molecule has 0 saturated carbocycles. The van der Waals surface area contributed by atoms with E-state index in [1.165, 1.54) is 11.3 Å². The van der Waals surface area contributed by atoms with Crippen molar-refractivity contribution in [3.63, 3.8) is 0 Å². The summed E-state index contributed by atoms with van der Waals surface area (Å²) in [6.45, 7) is 3.73. The molecule has 2 aromatic carbocycles. The SMILES string of the molecule is Cc1csc(CN(C)C(=O)c2cc(C(=O)NC(Cc3ccccc3)C(O)C3CCCN3)cc3c2CCCO3)n1. The lowest BCUT2D eigenvalue weighted by molar-refractivity contribution is 0.0737. The maximum absolute atomic E-state index is 13.7. The van der Waals surface area contributed by atoms with Crippen molar-refractivity contribution in [2.75, 3.05) is 20.2 Å². The summed E-state index contributed by atoms with van der Waals surface area (Å²) >= 11 is 1.53. The van der Waals surface area contributed by atoms with E-state index in [4.69, 9.17) is 4.74 Å². The first kappa shape index (κ1) is 27.3. The Morgan fingerprint density at radius 2 is 2.08 bits per heavy atom. The molecule has 0 bridgehead atoms. The van der Waals surface area contributed by atoms with Crippen molar-refractivity contribution >= 4 is 23.2 Å². The van der Waals surface area contributed by atoms with E-state index in [0.717, 1.165) is 47.6 Å². The number of aromatic nitrogens is 1. The monoisotopic (exact) mass is 548 g/mol. The Morgan fingerprint density at radius 1 is 1.26 bits per heavy atom. The van der Waals surface area contributed by atoms with Gasteiger partial charge in [0, 0.05) is 40.9 Å². The third-order valence-corrected chi connectivity index (χ3v) is 8.41. The van der Waals surface area contributed by atoms with Crippen LogP contribution in [0.2, 0.25) is 0 Å². The van der Waals surface area contributed by atoms with Crippen LogP contribution in [0.3, 0.4) is 0 Å². The predicted octanol–water partition coefficient (Wildman–Crippen LogP) is 3.50. The van der Waals surface area contributed by atoms with Crippen molar-refractivity contribution in [2.45, 2.75) is 63.8 Å². The molecule has 1 saturated heterocycles. The number of carbonyl (C=O) groups is 2. The van der Waals surface area contributed by atoms with Gasteiger partial charge < -0.3 is 25.4 Å². The number of thiazole rings is 1. The maximum Gasteiger partial charge on any atom is 0.254 e. The lowest BCUT2D eigenvalue weighted by atomic mass is 9.94. The van der Waals surface area contributed by atoms with Crippen LogP contribution in [0.4, 0.5) is 0 Å². The standard InChI is InChI=1S/C30H36N4O4S/c1-19-18-39-27(32-19)17-34(2)30(37)23-15-21(16-26-22(23)10-7-13-38-26)29(36)33-25(14-20-8-4-3-5-9-20)28(35)24-11-6-12-31-24/h3-5,8-9,15-16,18,24-25,28,31,35H,6-7,10-14,17H2,1-2H3,(H,33,36). The summed E-state index contributed by atoms with van der Waals surface area (Å²) in [5.41, 5.74) is 3.62. The molecular formula is C30H36N4O4S. The van der Waals surface area contributed by atoms with Gasteiger partial charge >= 0.3 is 0 Å². The average Bonchev–Trinajstić information content (AvgIpc) is 3.64. The van der Waals surface area contributed by atoms with E-state index in [-0.39, 0.29) is 17.9 Å². The van der Waals surface area contributed by atoms with E-state index in [9.17, 15) is 14.7 Å².